The van der Waals surface area contributed by atoms with Crippen LogP contribution < -0.4 is 0 Å². The molecule has 0 saturated carbocycles. The van der Waals surface area contributed by atoms with Crippen LogP contribution in [0.5, 0.6) is 0 Å². The Labute approximate surface area is 70.7 Å². The standard InChI is InChI=1S/C11H20/c1-4-6-11-9(2)7-5-8-10(11)3/h7,10-11H,4-6,8H2,1-3H3/t10-,11?/m1/s1. The minimum Gasteiger partial charge on any atom is -0.0853 e. The molecule has 64 valence electrons. The molecular formula is C11H20. The molecule has 0 aromatic carbocycles. The van der Waals surface area contributed by atoms with Gasteiger partial charge in [0, 0.05) is 0 Å². The normalized spacial score (nSPS) is 31.7. The predicted octanol–water partition coefficient (Wildman–Crippen LogP) is 3.78. The zero-order chi connectivity index (χ0) is 8.27. The molecule has 0 radical (unpaired) electrons. The Balaban J connectivity index is 2.56. The van der Waals surface area contributed by atoms with E-state index in [2.05, 4.69) is 26.8 Å². The summed E-state index contributed by atoms with van der Waals surface area (Å²) in [6, 6.07) is 0. The van der Waals surface area contributed by atoms with Crippen molar-refractivity contribution < 1.29 is 0 Å². The summed E-state index contributed by atoms with van der Waals surface area (Å²) in [7, 11) is 0. The number of hydrogen-bond donors (Lipinski definition) is 0. The molecule has 2 atom stereocenters. The van der Waals surface area contributed by atoms with E-state index in [1.165, 1.54) is 25.7 Å². The Bertz CT molecular complexity index is 144. The van der Waals surface area contributed by atoms with Gasteiger partial charge in [0.05, 0.1) is 0 Å². The number of hydrogen-bond acceptors (Lipinski definition) is 0. The highest BCUT2D eigenvalue weighted by molar-refractivity contribution is 5.08. The van der Waals surface area contributed by atoms with E-state index in [-0.39, 0.29) is 0 Å². The molecule has 0 spiro atoms. The SMILES string of the molecule is CCCC1C(C)=CCC[C@H]1C. The van der Waals surface area contributed by atoms with Crippen molar-refractivity contribution in [3.8, 4) is 0 Å². The van der Waals surface area contributed by atoms with E-state index >= 15 is 0 Å². The zero-order valence-corrected chi connectivity index (χ0v) is 8.06. The summed E-state index contributed by atoms with van der Waals surface area (Å²) < 4.78 is 0. The van der Waals surface area contributed by atoms with Crippen LogP contribution in [-0.4, -0.2) is 0 Å². The molecule has 0 aromatic heterocycles. The summed E-state index contributed by atoms with van der Waals surface area (Å²) in [6.07, 6.45) is 7.87. The van der Waals surface area contributed by atoms with Gasteiger partial charge < -0.3 is 0 Å². The van der Waals surface area contributed by atoms with Crippen molar-refractivity contribution in [3.05, 3.63) is 11.6 Å². The smallest absolute Gasteiger partial charge is 0.0180 e. The second kappa shape index (κ2) is 3.94. The summed E-state index contributed by atoms with van der Waals surface area (Å²) in [5.41, 5.74) is 1.64. The van der Waals surface area contributed by atoms with Gasteiger partial charge in [-0.2, -0.15) is 0 Å². The van der Waals surface area contributed by atoms with Gasteiger partial charge in [-0.15, -0.1) is 0 Å². The largest absolute Gasteiger partial charge is 0.0853 e. The molecule has 1 rings (SSSR count). The van der Waals surface area contributed by atoms with Crippen molar-refractivity contribution in [2.24, 2.45) is 11.8 Å². The highest BCUT2D eigenvalue weighted by Crippen LogP contribution is 2.32. The summed E-state index contributed by atoms with van der Waals surface area (Å²) >= 11 is 0. The molecule has 0 saturated heterocycles. The third-order valence-electron chi connectivity index (χ3n) is 2.96. The predicted molar refractivity (Wildman–Crippen MR) is 50.6 cm³/mol. The van der Waals surface area contributed by atoms with Gasteiger partial charge in [-0.3, -0.25) is 0 Å². The maximum atomic E-state index is 2.43. The molecule has 0 heteroatoms. The fourth-order valence-corrected chi connectivity index (χ4v) is 2.20. The van der Waals surface area contributed by atoms with Crippen LogP contribution in [0.2, 0.25) is 0 Å². The first kappa shape index (κ1) is 8.83. The molecule has 11 heavy (non-hydrogen) atoms. The molecule has 0 nitrogen and oxygen atoms in total. The topological polar surface area (TPSA) is 0 Å². The van der Waals surface area contributed by atoms with E-state index < -0.39 is 0 Å². The van der Waals surface area contributed by atoms with Gasteiger partial charge in [0.15, 0.2) is 0 Å². The van der Waals surface area contributed by atoms with Crippen LogP contribution in [0.1, 0.15) is 46.5 Å². The summed E-state index contributed by atoms with van der Waals surface area (Å²) in [4.78, 5) is 0. The molecule has 0 amide bonds. The van der Waals surface area contributed by atoms with Crippen molar-refractivity contribution in [2.45, 2.75) is 46.5 Å². The third kappa shape index (κ3) is 2.08. The van der Waals surface area contributed by atoms with E-state index in [1.807, 2.05) is 0 Å². The minimum atomic E-state index is 0.897. The van der Waals surface area contributed by atoms with Gasteiger partial charge in [0.25, 0.3) is 0 Å². The zero-order valence-electron chi connectivity index (χ0n) is 8.06. The van der Waals surface area contributed by atoms with Crippen molar-refractivity contribution in [1.82, 2.24) is 0 Å². The summed E-state index contributed by atoms with van der Waals surface area (Å²) in [5, 5.41) is 0. The highest BCUT2D eigenvalue weighted by atomic mass is 14.3. The molecule has 0 bridgehead atoms. The first-order chi connectivity index (χ1) is 5.25. The van der Waals surface area contributed by atoms with Crippen molar-refractivity contribution in [1.29, 1.82) is 0 Å². The van der Waals surface area contributed by atoms with Crippen molar-refractivity contribution in [2.75, 3.05) is 0 Å². The van der Waals surface area contributed by atoms with Gasteiger partial charge in [-0.1, -0.05) is 31.9 Å². The van der Waals surface area contributed by atoms with Gasteiger partial charge in [-0.05, 0) is 38.0 Å². The lowest BCUT2D eigenvalue weighted by molar-refractivity contribution is 0.345. The second-order valence-electron chi connectivity index (χ2n) is 3.90. The van der Waals surface area contributed by atoms with Gasteiger partial charge in [0.1, 0.15) is 0 Å². The molecule has 0 heterocycles. The minimum absolute atomic E-state index is 0.897. The molecule has 1 unspecified atom stereocenters. The summed E-state index contributed by atoms with van der Waals surface area (Å²) in [5.74, 6) is 1.83. The average molecular weight is 152 g/mol. The van der Waals surface area contributed by atoms with E-state index in [1.54, 1.807) is 5.57 Å². The third-order valence-corrected chi connectivity index (χ3v) is 2.96. The van der Waals surface area contributed by atoms with E-state index in [9.17, 15) is 0 Å². The Morgan fingerprint density at radius 1 is 1.55 bits per heavy atom. The maximum absolute atomic E-state index is 2.43. The number of rotatable bonds is 2. The molecular weight excluding hydrogens is 132 g/mol. The van der Waals surface area contributed by atoms with E-state index in [4.69, 9.17) is 0 Å². The fraction of sp³-hybridized carbons (Fsp3) is 0.818. The highest BCUT2D eigenvalue weighted by Gasteiger charge is 2.20. The molecule has 1 aliphatic rings. The Kier molecular flexibility index (Phi) is 3.16. The van der Waals surface area contributed by atoms with Crippen LogP contribution in [0.4, 0.5) is 0 Å². The quantitative estimate of drug-likeness (QED) is 0.528. The first-order valence-electron chi connectivity index (χ1n) is 4.92. The van der Waals surface area contributed by atoms with Gasteiger partial charge in [-0.25, -0.2) is 0 Å². The molecule has 0 N–H and O–H groups in total. The Hall–Kier alpha value is -0.260. The molecule has 1 aliphatic carbocycles. The van der Waals surface area contributed by atoms with Gasteiger partial charge >= 0.3 is 0 Å². The first-order valence-corrected chi connectivity index (χ1v) is 4.92. The second-order valence-corrected chi connectivity index (χ2v) is 3.90. The summed E-state index contributed by atoms with van der Waals surface area (Å²) in [6.45, 7) is 6.99. The average Bonchev–Trinajstić information content (AvgIpc) is 1.97. The lowest BCUT2D eigenvalue weighted by Crippen LogP contribution is -2.16. The lowest BCUT2D eigenvalue weighted by Gasteiger charge is -2.28. The van der Waals surface area contributed by atoms with Crippen LogP contribution in [-0.2, 0) is 0 Å². The van der Waals surface area contributed by atoms with Crippen LogP contribution in [0.3, 0.4) is 0 Å². The molecule has 0 aromatic rings. The lowest BCUT2D eigenvalue weighted by atomic mass is 9.78. The van der Waals surface area contributed by atoms with Crippen LogP contribution in [0.25, 0.3) is 0 Å². The van der Waals surface area contributed by atoms with E-state index in [0.29, 0.717) is 0 Å². The van der Waals surface area contributed by atoms with Crippen molar-refractivity contribution in [3.63, 3.8) is 0 Å². The Morgan fingerprint density at radius 2 is 2.27 bits per heavy atom. The Morgan fingerprint density at radius 3 is 2.82 bits per heavy atom. The number of allylic oxidation sites excluding steroid dienone is 2. The molecule has 0 aliphatic heterocycles. The van der Waals surface area contributed by atoms with Crippen LogP contribution in [0, 0.1) is 11.8 Å². The monoisotopic (exact) mass is 152 g/mol. The molecule has 0 fully saturated rings. The van der Waals surface area contributed by atoms with Crippen LogP contribution >= 0.6 is 0 Å². The fourth-order valence-electron chi connectivity index (χ4n) is 2.20. The van der Waals surface area contributed by atoms with Crippen LogP contribution in [0.15, 0.2) is 11.6 Å². The maximum Gasteiger partial charge on any atom is -0.0180 e. The van der Waals surface area contributed by atoms with Crippen molar-refractivity contribution >= 4 is 0 Å². The van der Waals surface area contributed by atoms with Gasteiger partial charge in [0.2, 0.25) is 0 Å². The van der Waals surface area contributed by atoms with E-state index in [0.717, 1.165) is 11.8 Å².